The van der Waals surface area contributed by atoms with Crippen LogP contribution in [-0.2, 0) is 0 Å². The maximum atomic E-state index is 11.9. The van der Waals surface area contributed by atoms with E-state index in [2.05, 4.69) is 27.2 Å². The third-order valence-electron chi connectivity index (χ3n) is 2.42. The summed E-state index contributed by atoms with van der Waals surface area (Å²) in [7, 11) is 0. The smallest absolute Gasteiger partial charge is 0.263 e. The quantitative estimate of drug-likeness (QED) is 0.519. The van der Waals surface area contributed by atoms with Crippen LogP contribution in [0.15, 0.2) is 30.3 Å². The lowest BCUT2D eigenvalue weighted by Crippen LogP contribution is -2.49. The lowest BCUT2D eigenvalue weighted by atomic mass is 10.2. The predicted molar refractivity (Wildman–Crippen MR) is 65.6 cm³/mol. The lowest BCUT2D eigenvalue weighted by Gasteiger charge is -2.09. The minimum atomic E-state index is -0.326. The second kappa shape index (κ2) is 4.40. The fourth-order valence-electron chi connectivity index (χ4n) is 1.62. The first-order chi connectivity index (χ1) is 8.33. The molecule has 1 saturated heterocycles. The molecule has 2 aromatic rings. The van der Waals surface area contributed by atoms with E-state index in [9.17, 15) is 4.79 Å². The maximum Gasteiger partial charge on any atom is 0.263 e. The molecule has 0 unspecified atom stereocenters. The van der Waals surface area contributed by atoms with Gasteiger partial charge in [0.15, 0.2) is 6.29 Å². The van der Waals surface area contributed by atoms with Crippen LogP contribution in [0.3, 0.4) is 0 Å². The Hall–Kier alpha value is -1.51. The molecule has 0 saturated carbocycles. The lowest BCUT2D eigenvalue weighted by molar-refractivity contribution is 0.0931. The standard InChI is InChI=1S/C10H11N5OS/c16-9(11-10-12-14-15-13-10)8-5-6-3-1-2-4-7(6)17-8/h1-5,10,12-15H,(H,11,16). The van der Waals surface area contributed by atoms with Gasteiger partial charge in [-0.25, -0.2) is 10.9 Å². The number of hydrazine groups is 3. The van der Waals surface area contributed by atoms with Crippen LogP contribution < -0.4 is 27.2 Å². The molecule has 3 rings (SSSR count). The van der Waals surface area contributed by atoms with Crippen molar-refractivity contribution >= 4 is 27.3 Å². The molecule has 0 radical (unpaired) electrons. The van der Waals surface area contributed by atoms with E-state index in [0.717, 1.165) is 10.1 Å². The van der Waals surface area contributed by atoms with Crippen molar-refractivity contribution in [2.24, 2.45) is 0 Å². The third kappa shape index (κ3) is 2.14. The molecule has 1 amide bonds. The zero-order chi connectivity index (χ0) is 11.7. The minimum Gasteiger partial charge on any atom is -0.321 e. The molecule has 0 bridgehead atoms. The second-order valence-electron chi connectivity index (χ2n) is 3.59. The molecule has 1 aliphatic heterocycles. The highest BCUT2D eigenvalue weighted by Gasteiger charge is 2.17. The maximum absolute atomic E-state index is 11.9. The molecule has 0 atom stereocenters. The summed E-state index contributed by atoms with van der Waals surface area (Å²) in [6.45, 7) is 0. The molecule has 1 fully saturated rings. The van der Waals surface area contributed by atoms with Crippen molar-refractivity contribution in [1.82, 2.24) is 27.2 Å². The number of hydrogen-bond donors (Lipinski definition) is 5. The summed E-state index contributed by atoms with van der Waals surface area (Å²) < 4.78 is 1.11. The summed E-state index contributed by atoms with van der Waals surface area (Å²) in [5, 5.41) is 3.87. The fraction of sp³-hybridized carbons (Fsp3) is 0.100. The Kier molecular flexibility index (Phi) is 2.75. The van der Waals surface area contributed by atoms with Gasteiger partial charge in [-0.05, 0) is 17.5 Å². The molecule has 1 aromatic carbocycles. The van der Waals surface area contributed by atoms with Crippen molar-refractivity contribution in [3.63, 3.8) is 0 Å². The average molecular weight is 249 g/mol. The largest absolute Gasteiger partial charge is 0.321 e. The van der Waals surface area contributed by atoms with Crippen molar-refractivity contribution in [3.8, 4) is 0 Å². The summed E-state index contributed by atoms with van der Waals surface area (Å²) >= 11 is 1.48. The van der Waals surface area contributed by atoms with Gasteiger partial charge in [0.05, 0.1) is 4.88 Å². The Labute approximate surface area is 101 Å². The van der Waals surface area contributed by atoms with Gasteiger partial charge in [0, 0.05) is 4.70 Å². The number of carbonyl (C=O) groups excluding carboxylic acids is 1. The zero-order valence-electron chi connectivity index (χ0n) is 8.78. The Balaban J connectivity index is 1.80. The molecule has 1 aliphatic rings. The molecule has 7 heteroatoms. The molecule has 0 aliphatic carbocycles. The van der Waals surface area contributed by atoms with Crippen LogP contribution in [0.5, 0.6) is 0 Å². The topological polar surface area (TPSA) is 77.2 Å². The molecule has 1 aromatic heterocycles. The predicted octanol–water partition coefficient (Wildman–Crippen LogP) is 0.0317. The van der Waals surface area contributed by atoms with Crippen LogP contribution in [0, 0.1) is 0 Å². The summed E-state index contributed by atoms with van der Waals surface area (Å²) in [6, 6.07) is 9.83. The number of benzene rings is 1. The number of amides is 1. The van der Waals surface area contributed by atoms with Gasteiger partial charge in [0.1, 0.15) is 0 Å². The summed E-state index contributed by atoms with van der Waals surface area (Å²) in [4.78, 5) is 12.6. The van der Waals surface area contributed by atoms with Gasteiger partial charge in [0.2, 0.25) is 0 Å². The van der Waals surface area contributed by atoms with Crippen molar-refractivity contribution in [3.05, 3.63) is 35.2 Å². The van der Waals surface area contributed by atoms with Gasteiger partial charge >= 0.3 is 0 Å². The van der Waals surface area contributed by atoms with Crippen molar-refractivity contribution < 1.29 is 4.79 Å². The minimum absolute atomic E-state index is 0.110. The van der Waals surface area contributed by atoms with Crippen molar-refractivity contribution in [1.29, 1.82) is 0 Å². The van der Waals surface area contributed by atoms with Crippen LogP contribution >= 0.6 is 11.3 Å². The van der Waals surface area contributed by atoms with Crippen LogP contribution in [0.25, 0.3) is 10.1 Å². The van der Waals surface area contributed by atoms with Crippen LogP contribution in [0.4, 0.5) is 0 Å². The second-order valence-corrected chi connectivity index (χ2v) is 4.68. The van der Waals surface area contributed by atoms with E-state index in [4.69, 9.17) is 0 Å². The monoisotopic (exact) mass is 249 g/mol. The highest BCUT2D eigenvalue weighted by atomic mass is 32.1. The van der Waals surface area contributed by atoms with Crippen molar-refractivity contribution in [2.75, 3.05) is 0 Å². The van der Waals surface area contributed by atoms with E-state index in [1.54, 1.807) is 0 Å². The number of rotatable bonds is 2. The van der Waals surface area contributed by atoms with Crippen molar-refractivity contribution in [2.45, 2.75) is 6.29 Å². The number of thiophene rings is 1. The third-order valence-corrected chi connectivity index (χ3v) is 3.54. The number of carbonyl (C=O) groups is 1. The SMILES string of the molecule is O=C(NC1NNNN1)c1cc2ccccc2s1. The van der Waals surface area contributed by atoms with Gasteiger partial charge in [-0.1, -0.05) is 18.2 Å². The Morgan fingerprint density at radius 2 is 2.00 bits per heavy atom. The molecule has 17 heavy (non-hydrogen) atoms. The van der Waals surface area contributed by atoms with Gasteiger partial charge in [0.25, 0.3) is 5.91 Å². The Bertz CT molecular complexity index is 515. The van der Waals surface area contributed by atoms with Gasteiger partial charge < -0.3 is 5.32 Å². The zero-order valence-corrected chi connectivity index (χ0v) is 9.60. The molecule has 5 N–H and O–H groups in total. The van der Waals surface area contributed by atoms with E-state index in [-0.39, 0.29) is 12.2 Å². The van der Waals surface area contributed by atoms with E-state index >= 15 is 0 Å². The summed E-state index contributed by atoms with van der Waals surface area (Å²) in [5.74, 6) is -0.110. The van der Waals surface area contributed by atoms with E-state index in [1.165, 1.54) is 11.3 Å². The first-order valence-corrected chi connectivity index (χ1v) is 5.95. The van der Waals surface area contributed by atoms with Crippen LogP contribution in [0.1, 0.15) is 9.67 Å². The summed E-state index contributed by atoms with van der Waals surface area (Å²) in [5.41, 5.74) is 10.8. The van der Waals surface area contributed by atoms with Crippen LogP contribution in [-0.4, -0.2) is 12.2 Å². The van der Waals surface area contributed by atoms with Gasteiger partial charge in [-0.15, -0.1) is 11.3 Å². The molecule has 0 spiro atoms. The number of nitrogens with one attached hydrogen (secondary N) is 5. The molecule has 88 valence electrons. The van der Waals surface area contributed by atoms with Crippen LogP contribution in [0.2, 0.25) is 0 Å². The molecule has 2 heterocycles. The highest BCUT2D eigenvalue weighted by Crippen LogP contribution is 2.24. The first kappa shape index (κ1) is 10.6. The molecule has 6 nitrogen and oxygen atoms in total. The summed E-state index contributed by atoms with van der Waals surface area (Å²) in [6.07, 6.45) is -0.326. The number of fused-ring (bicyclic) bond motifs is 1. The number of hydrogen-bond acceptors (Lipinski definition) is 6. The van der Waals surface area contributed by atoms with E-state index < -0.39 is 0 Å². The Morgan fingerprint density at radius 3 is 2.76 bits per heavy atom. The molecular weight excluding hydrogens is 238 g/mol. The fourth-order valence-corrected chi connectivity index (χ4v) is 2.59. The Morgan fingerprint density at radius 1 is 1.24 bits per heavy atom. The normalized spacial score (nSPS) is 16.5. The highest BCUT2D eigenvalue weighted by molar-refractivity contribution is 7.20. The molecular formula is C10H11N5OS. The van der Waals surface area contributed by atoms with E-state index in [0.29, 0.717) is 4.88 Å². The first-order valence-electron chi connectivity index (χ1n) is 5.13. The van der Waals surface area contributed by atoms with Gasteiger partial charge in [-0.3, -0.25) is 4.79 Å². The average Bonchev–Trinajstić information content (AvgIpc) is 2.96. The van der Waals surface area contributed by atoms with Gasteiger partial charge in [-0.2, -0.15) is 11.1 Å². The van der Waals surface area contributed by atoms with E-state index in [1.807, 2.05) is 30.3 Å².